The Morgan fingerprint density at radius 1 is 0.259 bits per heavy atom. The van der Waals surface area contributed by atoms with E-state index in [1.165, 1.54) is 205 Å². The van der Waals surface area contributed by atoms with E-state index < -0.39 is 6.10 Å². The van der Waals surface area contributed by atoms with Gasteiger partial charge >= 0.3 is 17.9 Å². The van der Waals surface area contributed by atoms with Crippen molar-refractivity contribution in [1.29, 1.82) is 0 Å². The van der Waals surface area contributed by atoms with Crippen LogP contribution in [0.3, 0.4) is 0 Å². The van der Waals surface area contributed by atoms with Gasteiger partial charge in [-0.05, 0) is 96.3 Å². The van der Waals surface area contributed by atoms with Crippen molar-refractivity contribution in [2.45, 2.75) is 361 Å². The summed E-state index contributed by atoms with van der Waals surface area (Å²) in [5, 5.41) is 0. The number of esters is 3. The average molecular weight is 1130 g/mol. The maximum atomic E-state index is 13.0. The molecular weight excluding hydrogens is 997 g/mol. The van der Waals surface area contributed by atoms with Crippen LogP contribution in [0.1, 0.15) is 355 Å². The maximum Gasteiger partial charge on any atom is 0.306 e. The third-order valence-electron chi connectivity index (χ3n) is 15.4. The summed E-state index contributed by atoms with van der Waals surface area (Å²) < 4.78 is 17.0. The lowest BCUT2D eigenvalue weighted by Crippen LogP contribution is -2.30. The number of hydrogen-bond acceptors (Lipinski definition) is 6. The molecule has 1 unspecified atom stereocenters. The van der Waals surface area contributed by atoms with Crippen LogP contribution in [0, 0.1) is 0 Å². The van der Waals surface area contributed by atoms with Crippen molar-refractivity contribution in [3.63, 3.8) is 0 Å². The molecule has 0 heterocycles. The number of allylic oxidation sites excluding steroid dienone is 14. The van der Waals surface area contributed by atoms with Crippen LogP contribution in [0.5, 0.6) is 0 Å². The Bertz CT molecular complexity index is 1530. The molecule has 0 N–H and O–H groups in total. The summed E-state index contributed by atoms with van der Waals surface area (Å²) in [5.41, 5.74) is 0. The third-order valence-corrected chi connectivity index (χ3v) is 15.4. The fourth-order valence-corrected chi connectivity index (χ4v) is 10.2. The SMILES string of the molecule is CC/C=C\C/C=C\C/C=C\C/C=C\CCCCCCCCCCCCCCC(=O)OCC(COC(=O)CCCCCCCCCCCCCCCCCCCCC)OC(=O)CCCCCCCC/C=C\C/C=C\C/C=C\CCCCC. The van der Waals surface area contributed by atoms with Gasteiger partial charge in [-0.1, -0.05) is 324 Å². The predicted molar refractivity (Wildman–Crippen MR) is 353 cm³/mol. The summed E-state index contributed by atoms with van der Waals surface area (Å²) in [4.78, 5) is 38.5. The Kier molecular flexibility index (Phi) is 66.2. The monoisotopic (exact) mass is 1130 g/mol. The van der Waals surface area contributed by atoms with E-state index >= 15 is 0 Å². The summed E-state index contributed by atoms with van der Waals surface area (Å²) in [6, 6.07) is 0. The van der Waals surface area contributed by atoms with Gasteiger partial charge in [0.2, 0.25) is 0 Å². The Labute approximate surface area is 503 Å². The molecular formula is C75H132O6. The molecule has 0 aliphatic carbocycles. The molecule has 0 aromatic carbocycles. The van der Waals surface area contributed by atoms with Crippen LogP contribution in [-0.4, -0.2) is 37.2 Å². The fourth-order valence-electron chi connectivity index (χ4n) is 10.2. The van der Waals surface area contributed by atoms with Gasteiger partial charge in [0.05, 0.1) is 0 Å². The van der Waals surface area contributed by atoms with Crippen LogP contribution >= 0.6 is 0 Å². The van der Waals surface area contributed by atoms with Crippen molar-refractivity contribution in [2.24, 2.45) is 0 Å². The van der Waals surface area contributed by atoms with Gasteiger partial charge in [-0.3, -0.25) is 14.4 Å². The molecule has 6 heteroatoms. The molecule has 0 rings (SSSR count). The second kappa shape index (κ2) is 69.1. The van der Waals surface area contributed by atoms with Crippen LogP contribution in [0.2, 0.25) is 0 Å². The molecule has 0 spiro atoms. The van der Waals surface area contributed by atoms with Gasteiger partial charge in [0.15, 0.2) is 6.10 Å². The largest absolute Gasteiger partial charge is 0.462 e. The summed E-state index contributed by atoms with van der Waals surface area (Å²) in [6.07, 6.45) is 91.7. The van der Waals surface area contributed by atoms with Gasteiger partial charge in [0.1, 0.15) is 13.2 Å². The first-order valence-corrected chi connectivity index (χ1v) is 35.1. The first kappa shape index (κ1) is 77.6. The number of hydrogen-bond donors (Lipinski definition) is 0. The first-order valence-electron chi connectivity index (χ1n) is 35.1. The number of rotatable bonds is 64. The minimum atomic E-state index is -0.785. The molecule has 0 aliphatic rings. The van der Waals surface area contributed by atoms with Gasteiger partial charge in [-0.25, -0.2) is 0 Å². The zero-order valence-electron chi connectivity index (χ0n) is 53.8. The van der Waals surface area contributed by atoms with Crippen LogP contribution < -0.4 is 0 Å². The molecule has 468 valence electrons. The number of carbonyl (C=O) groups is 3. The minimum Gasteiger partial charge on any atom is -0.462 e. The van der Waals surface area contributed by atoms with Gasteiger partial charge in [-0.15, -0.1) is 0 Å². The highest BCUT2D eigenvalue weighted by molar-refractivity contribution is 5.71. The fraction of sp³-hybridized carbons (Fsp3) is 0.773. The standard InChI is InChI=1S/C75H132O6/c1-4-7-10-13-16-19-22-25-28-31-34-35-36-37-38-39-42-44-47-50-53-56-59-62-65-68-74(77)80-71-72(81-75(78)69-66-63-60-57-54-51-48-45-41-33-30-27-24-21-18-15-12-9-6-3)70-79-73(76)67-64-61-58-55-52-49-46-43-40-32-29-26-23-20-17-14-11-8-5-2/h7,10,16,18-19,21,25,27-28,30,34-35,41,45,72H,4-6,8-9,11-15,17,20,22-24,26,29,31-33,36-40,42-44,46-71H2,1-3H3/b10-7-,19-16-,21-18-,28-25-,30-27-,35-34-,45-41-. The van der Waals surface area contributed by atoms with E-state index in [4.69, 9.17) is 14.2 Å². The molecule has 0 bridgehead atoms. The van der Waals surface area contributed by atoms with E-state index in [-0.39, 0.29) is 31.1 Å². The number of unbranched alkanes of at least 4 members (excludes halogenated alkanes) is 39. The van der Waals surface area contributed by atoms with Crippen LogP contribution in [0.4, 0.5) is 0 Å². The van der Waals surface area contributed by atoms with Crippen LogP contribution in [0.25, 0.3) is 0 Å². The van der Waals surface area contributed by atoms with Gasteiger partial charge in [-0.2, -0.15) is 0 Å². The second-order valence-corrected chi connectivity index (χ2v) is 23.4. The molecule has 6 nitrogen and oxygen atoms in total. The first-order chi connectivity index (χ1) is 40.0. The Morgan fingerprint density at radius 2 is 0.481 bits per heavy atom. The molecule has 0 aromatic heterocycles. The molecule has 81 heavy (non-hydrogen) atoms. The zero-order valence-corrected chi connectivity index (χ0v) is 53.8. The normalized spacial score (nSPS) is 12.6. The highest BCUT2D eigenvalue weighted by atomic mass is 16.6. The lowest BCUT2D eigenvalue weighted by atomic mass is 10.0. The third kappa shape index (κ3) is 67.3. The summed E-state index contributed by atoms with van der Waals surface area (Å²) in [6.45, 7) is 6.54. The Hall–Kier alpha value is -3.41. The van der Waals surface area contributed by atoms with Crippen molar-refractivity contribution in [3.05, 3.63) is 85.1 Å². The van der Waals surface area contributed by atoms with Crippen LogP contribution in [0.15, 0.2) is 85.1 Å². The molecule has 0 aliphatic heterocycles. The number of ether oxygens (including phenoxy) is 3. The molecule has 0 fully saturated rings. The Morgan fingerprint density at radius 3 is 0.778 bits per heavy atom. The predicted octanol–water partition coefficient (Wildman–Crippen LogP) is 24.2. The highest BCUT2D eigenvalue weighted by Crippen LogP contribution is 2.18. The van der Waals surface area contributed by atoms with E-state index in [1.807, 2.05) is 0 Å². The molecule has 0 aromatic rings. The Balaban J connectivity index is 4.35. The lowest BCUT2D eigenvalue weighted by Gasteiger charge is -2.18. The summed E-state index contributed by atoms with van der Waals surface area (Å²) in [5.74, 6) is -0.873. The molecule has 1 atom stereocenters. The van der Waals surface area contributed by atoms with E-state index in [9.17, 15) is 14.4 Å². The number of carbonyl (C=O) groups excluding carboxylic acids is 3. The van der Waals surface area contributed by atoms with Crippen molar-refractivity contribution >= 4 is 17.9 Å². The average Bonchev–Trinajstić information content (AvgIpc) is 3.47. The summed E-state index contributed by atoms with van der Waals surface area (Å²) in [7, 11) is 0. The van der Waals surface area contributed by atoms with E-state index in [1.54, 1.807) is 0 Å². The highest BCUT2D eigenvalue weighted by Gasteiger charge is 2.19. The van der Waals surface area contributed by atoms with Crippen molar-refractivity contribution in [3.8, 4) is 0 Å². The molecule has 0 saturated carbocycles. The summed E-state index contributed by atoms with van der Waals surface area (Å²) >= 11 is 0. The topological polar surface area (TPSA) is 78.9 Å². The van der Waals surface area contributed by atoms with E-state index in [0.717, 1.165) is 109 Å². The van der Waals surface area contributed by atoms with Crippen molar-refractivity contribution in [1.82, 2.24) is 0 Å². The maximum absolute atomic E-state index is 13.0. The van der Waals surface area contributed by atoms with Gasteiger partial charge in [0, 0.05) is 19.3 Å². The van der Waals surface area contributed by atoms with Crippen molar-refractivity contribution in [2.75, 3.05) is 13.2 Å². The zero-order chi connectivity index (χ0) is 58.5. The molecule has 0 radical (unpaired) electrons. The minimum absolute atomic E-state index is 0.0784. The van der Waals surface area contributed by atoms with E-state index in [0.29, 0.717) is 19.3 Å². The molecule has 0 saturated heterocycles. The smallest absolute Gasteiger partial charge is 0.306 e. The lowest BCUT2D eigenvalue weighted by molar-refractivity contribution is -0.167. The second-order valence-electron chi connectivity index (χ2n) is 23.4. The van der Waals surface area contributed by atoms with Crippen LogP contribution in [-0.2, 0) is 28.6 Å². The van der Waals surface area contributed by atoms with Gasteiger partial charge < -0.3 is 14.2 Å². The molecule has 0 amide bonds. The van der Waals surface area contributed by atoms with Gasteiger partial charge in [0.25, 0.3) is 0 Å². The van der Waals surface area contributed by atoms with Crippen molar-refractivity contribution < 1.29 is 28.6 Å². The van der Waals surface area contributed by atoms with E-state index in [2.05, 4.69) is 106 Å². The quantitative estimate of drug-likeness (QED) is 0.0261.